The van der Waals surface area contributed by atoms with Crippen LogP contribution in [-0.2, 0) is 4.79 Å². The number of benzene rings is 1. The molecular weight excluding hydrogens is 246 g/mol. The summed E-state index contributed by atoms with van der Waals surface area (Å²) in [6.07, 6.45) is 1.22. The third kappa shape index (κ3) is 3.92. The van der Waals surface area contributed by atoms with Gasteiger partial charge in [-0.2, -0.15) is 5.26 Å². The van der Waals surface area contributed by atoms with Gasteiger partial charge in [0.1, 0.15) is 11.6 Å². The number of hydrogen-bond donors (Lipinski definition) is 1. The Morgan fingerprint density at radius 2 is 2.11 bits per heavy atom. The second kappa shape index (κ2) is 6.31. The molecule has 0 aliphatic carbocycles. The van der Waals surface area contributed by atoms with Crippen LogP contribution in [0, 0.1) is 21.4 Å². The molecular formula is C13H13N3O3. The molecule has 0 atom stereocenters. The van der Waals surface area contributed by atoms with E-state index in [0.29, 0.717) is 0 Å². The standard InChI is InChI=1S/C13H13N3O3/c1-9(2)15-13(17)11(8-14)7-10-5-3-4-6-12(10)16(18)19/h3-7,9H,1-2H3,(H,15,17). The zero-order valence-corrected chi connectivity index (χ0v) is 10.6. The molecule has 0 fully saturated rings. The van der Waals surface area contributed by atoms with Gasteiger partial charge in [-0.25, -0.2) is 0 Å². The predicted octanol–water partition coefficient (Wildman–Crippen LogP) is 2.03. The average molecular weight is 259 g/mol. The van der Waals surface area contributed by atoms with Crippen LogP contribution in [0.5, 0.6) is 0 Å². The molecule has 1 rings (SSSR count). The molecule has 6 nitrogen and oxygen atoms in total. The SMILES string of the molecule is CC(C)NC(=O)C(C#N)=Cc1ccccc1[N+](=O)[O-]. The lowest BCUT2D eigenvalue weighted by Gasteiger charge is -2.06. The summed E-state index contributed by atoms with van der Waals surface area (Å²) in [5.74, 6) is -0.546. The van der Waals surface area contributed by atoms with E-state index in [-0.39, 0.29) is 22.9 Å². The minimum atomic E-state index is -0.554. The van der Waals surface area contributed by atoms with E-state index in [1.165, 1.54) is 24.3 Å². The molecule has 98 valence electrons. The van der Waals surface area contributed by atoms with E-state index in [1.807, 2.05) is 0 Å². The van der Waals surface area contributed by atoms with E-state index >= 15 is 0 Å². The van der Waals surface area contributed by atoms with Crippen molar-refractivity contribution in [2.45, 2.75) is 19.9 Å². The van der Waals surface area contributed by atoms with Crippen LogP contribution in [0.15, 0.2) is 29.8 Å². The first-order chi connectivity index (χ1) is 8.95. The summed E-state index contributed by atoms with van der Waals surface area (Å²) in [4.78, 5) is 22.0. The van der Waals surface area contributed by atoms with Gasteiger partial charge in [0, 0.05) is 12.1 Å². The highest BCUT2D eigenvalue weighted by molar-refractivity contribution is 6.02. The van der Waals surface area contributed by atoms with Crippen LogP contribution in [0.25, 0.3) is 6.08 Å². The number of nitrogens with zero attached hydrogens (tertiary/aromatic N) is 2. The average Bonchev–Trinajstić information content (AvgIpc) is 2.35. The van der Waals surface area contributed by atoms with E-state index in [4.69, 9.17) is 5.26 Å². The van der Waals surface area contributed by atoms with Gasteiger partial charge in [-0.15, -0.1) is 0 Å². The van der Waals surface area contributed by atoms with Crippen LogP contribution in [0.1, 0.15) is 19.4 Å². The molecule has 6 heteroatoms. The van der Waals surface area contributed by atoms with E-state index in [1.54, 1.807) is 26.0 Å². The lowest BCUT2D eigenvalue weighted by atomic mass is 10.1. The van der Waals surface area contributed by atoms with Crippen molar-refractivity contribution in [1.29, 1.82) is 5.26 Å². The van der Waals surface area contributed by atoms with Crippen LogP contribution in [0.4, 0.5) is 5.69 Å². The van der Waals surface area contributed by atoms with Crippen molar-refractivity contribution in [2.24, 2.45) is 0 Å². The maximum atomic E-state index is 11.7. The van der Waals surface area contributed by atoms with Crippen molar-refractivity contribution in [3.05, 3.63) is 45.5 Å². The van der Waals surface area contributed by atoms with Crippen molar-refractivity contribution >= 4 is 17.7 Å². The van der Waals surface area contributed by atoms with Crippen LogP contribution >= 0.6 is 0 Å². The van der Waals surface area contributed by atoms with Gasteiger partial charge in [0.2, 0.25) is 0 Å². The number of hydrogen-bond acceptors (Lipinski definition) is 4. The first kappa shape index (κ1) is 14.4. The smallest absolute Gasteiger partial charge is 0.276 e. The molecule has 0 saturated carbocycles. The van der Waals surface area contributed by atoms with Crippen LogP contribution < -0.4 is 5.32 Å². The Hall–Kier alpha value is -2.68. The Balaban J connectivity index is 3.16. The number of carbonyl (C=O) groups is 1. The third-order valence-electron chi connectivity index (χ3n) is 2.22. The lowest BCUT2D eigenvalue weighted by Crippen LogP contribution is -2.30. The Morgan fingerprint density at radius 1 is 1.47 bits per heavy atom. The summed E-state index contributed by atoms with van der Waals surface area (Å²) < 4.78 is 0. The molecule has 0 aromatic heterocycles. The molecule has 0 aliphatic heterocycles. The summed E-state index contributed by atoms with van der Waals surface area (Å²) in [5, 5.41) is 22.3. The maximum absolute atomic E-state index is 11.7. The van der Waals surface area contributed by atoms with Crippen molar-refractivity contribution in [2.75, 3.05) is 0 Å². The molecule has 1 N–H and O–H groups in total. The van der Waals surface area contributed by atoms with Crippen molar-refractivity contribution in [3.8, 4) is 6.07 Å². The summed E-state index contributed by atoms with van der Waals surface area (Å²) in [6, 6.07) is 7.57. The highest BCUT2D eigenvalue weighted by Crippen LogP contribution is 2.20. The Bertz CT molecular complexity index is 571. The summed E-state index contributed by atoms with van der Waals surface area (Å²) in [6.45, 7) is 3.52. The van der Waals surface area contributed by atoms with E-state index in [0.717, 1.165) is 0 Å². The lowest BCUT2D eigenvalue weighted by molar-refractivity contribution is -0.385. The number of carbonyl (C=O) groups excluding carboxylic acids is 1. The van der Waals surface area contributed by atoms with Gasteiger partial charge < -0.3 is 5.32 Å². The number of para-hydroxylation sites is 1. The number of nitrogens with one attached hydrogen (secondary N) is 1. The number of nitro groups is 1. The summed E-state index contributed by atoms with van der Waals surface area (Å²) in [5.41, 5.74) is -0.0847. The van der Waals surface area contributed by atoms with Crippen molar-refractivity contribution in [1.82, 2.24) is 5.32 Å². The van der Waals surface area contributed by atoms with E-state index in [2.05, 4.69) is 5.32 Å². The molecule has 0 radical (unpaired) electrons. The predicted molar refractivity (Wildman–Crippen MR) is 70.0 cm³/mol. The minimum Gasteiger partial charge on any atom is -0.349 e. The van der Waals surface area contributed by atoms with Gasteiger partial charge in [-0.1, -0.05) is 12.1 Å². The molecule has 1 amide bonds. The first-order valence-corrected chi connectivity index (χ1v) is 5.61. The molecule has 0 bridgehead atoms. The number of amides is 1. The van der Waals surface area contributed by atoms with Crippen molar-refractivity contribution in [3.63, 3.8) is 0 Å². The van der Waals surface area contributed by atoms with Gasteiger partial charge in [-0.3, -0.25) is 14.9 Å². The molecule has 0 unspecified atom stereocenters. The number of nitro benzene ring substituents is 1. The Morgan fingerprint density at radius 3 is 2.63 bits per heavy atom. The van der Waals surface area contributed by atoms with Crippen LogP contribution in [0.3, 0.4) is 0 Å². The van der Waals surface area contributed by atoms with Gasteiger partial charge in [-0.05, 0) is 26.0 Å². The van der Waals surface area contributed by atoms with E-state index < -0.39 is 10.8 Å². The monoisotopic (exact) mass is 259 g/mol. The zero-order valence-electron chi connectivity index (χ0n) is 10.6. The highest BCUT2D eigenvalue weighted by Gasteiger charge is 2.15. The largest absolute Gasteiger partial charge is 0.349 e. The minimum absolute atomic E-state index is 0.116. The fourth-order valence-electron chi connectivity index (χ4n) is 1.42. The Labute approximate surface area is 110 Å². The van der Waals surface area contributed by atoms with Gasteiger partial charge in [0.15, 0.2) is 0 Å². The molecule has 1 aromatic carbocycles. The quantitative estimate of drug-likeness (QED) is 0.387. The van der Waals surface area contributed by atoms with Crippen LogP contribution in [-0.4, -0.2) is 16.9 Å². The second-order valence-electron chi connectivity index (χ2n) is 4.11. The molecule has 0 heterocycles. The maximum Gasteiger partial charge on any atom is 0.276 e. The van der Waals surface area contributed by atoms with Gasteiger partial charge in [0.25, 0.3) is 11.6 Å². The molecule has 0 saturated heterocycles. The zero-order chi connectivity index (χ0) is 14.4. The number of nitriles is 1. The van der Waals surface area contributed by atoms with Gasteiger partial charge in [0.05, 0.1) is 10.5 Å². The van der Waals surface area contributed by atoms with Crippen molar-refractivity contribution < 1.29 is 9.72 Å². The first-order valence-electron chi connectivity index (χ1n) is 5.61. The van der Waals surface area contributed by atoms with Gasteiger partial charge >= 0.3 is 0 Å². The highest BCUT2D eigenvalue weighted by atomic mass is 16.6. The molecule has 0 aliphatic rings. The molecule has 0 spiro atoms. The topological polar surface area (TPSA) is 96.0 Å². The molecule has 19 heavy (non-hydrogen) atoms. The fraction of sp³-hybridized carbons (Fsp3) is 0.231. The molecule has 1 aromatic rings. The second-order valence-corrected chi connectivity index (χ2v) is 4.11. The fourth-order valence-corrected chi connectivity index (χ4v) is 1.42. The van der Waals surface area contributed by atoms with E-state index in [9.17, 15) is 14.9 Å². The normalized spacial score (nSPS) is 10.9. The number of rotatable bonds is 4. The summed E-state index contributed by atoms with van der Waals surface area (Å²) >= 11 is 0. The summed E-state index contributed by atoms with van der Waals surface area (Å²) in [7, 11) is 0. The van der Waals surface area contributed by atoms with Crippen LogP contribution in [0.2, 0.25) is 0 Å². The Kier molecular flexibility index (Phi) is 4.77. The third-order valence-corrected chi connectivity index (χ3v) is 2.22.